The maximum Gasteiger partial charge on any atom is 0.229 e. The zero-order valence-electron chi connectivity index (χ0n) is 19.0. The number of hydrogen-bond donors (Lipinski definition) is 4. The molecule has 1 aromatic carbocycles. The van der Waals surface area contributed by atoms with Gasteiger partial charge >= 0.3 is 0 Å². The fourth-order valence-corrected chi connectivity index (χ4v) is 3.46. The topological polar surface area (TPSA) is 120 Å². The normalized spacial score (nSPS) is 13.3. The van der Waals surface area contributed by atoms with Crippen LogP contribution in [-0.4, -0.2) is 53.5 Å². The summed E-state index contributed by atoms with van der Waals surface area (Å²) in [5.74, 6) is 1.03. The first-order chi connectivity index (χ1) is 16.0. The lowest BCUT2D eigenvalue weighted by atomic mass is 10.1. The van der Waals surface area contributed by atoms with Gasteiger partial charge in [-0.05, 0) is 24.5 Å². The second-order valence-electron chi connectivity index (χ2n) is 8.31. The number of nitrogens with zero attached hydrogens (tertiary/aromatic N) is 5. The van der Waals surface area contributed by atoms with Gasteiger partial charge in [-0.15, -0.1) is 0 Å². The standard InChI is InChI=1S/C24H29N7O2/c1-15(2)19-13-27-31-22(19)29-23(28-21(14-32)16(3)33)30-24(31)26-12-17-9-10-20(25-11-17)18-7-5-4-6-8-18/h4-11,13,15-16,21,32-33H,12,14H2,1-3H3,(H2,26,28,29,30)/t16-,21-/m0/s1. The maximum absolute atomic E-state index is 9.90. The third-order valence-corrected chi connectivity index (χ3v) is 5.46. The number of pyridine rings is 1. The minimum atomic E-state index is -0.769. The van der Waals surface area contributed by atoms with E-state index in [0.29, 0.717) is 24.1 Å². The van der Waals surface area contributed by atoms with Crippen LogP contribution < -0.4 is 10.6 Å². The molecule has 0 radical (unpaired) electrons. The fraction of sp³-hybridized carbons (Fsp3) is 0.333. The fourth-order valence-electron chi connectivity index (χ4n) is 3.46. The molecule has 0 fully saturated rings. The highest BCUT2D eigenvalue weighted by molar-refractivity contribution is 5.59. The molecular formula is C24H29N7O2. The van der Waals surface area contributed by atoms with Gasteiger partial charge in [0.05, 0.1) is 30.6 Å². The molecule has 0 aliphatic carbocycles. The van der Waals surface area contributed by atoms with Crippen LogP contribution >= 0.6 is 0 Å². The average molecular weight is 448 g/mol. The van der Waals surface area contributed by atoms with E-state index < -0.39 is 12.1 Å². The Balaban J connectivity index is 1.59. The van der Waals surface area contributed by atoms with E-state index in [-0.39, 0.29) is 12.5 Å². The van der Waals surface area contributed by atoms with Gasteiger partial charge in [0, 0.05) is 23.9 Å². The highest BCUT2D eigenvalue weighted by Crippen LogP contribution is 2.23. The van der Waals surface area contributed by atoms with Gasteiger partial charge < -0.3 is 20.8 Å². The van der Waals surface area contributed by atoms with E-state index in [1.165, 1.54) is 0 Å². The first kappa shape index (κ1) is 22.6. The van der Waals surface area contributed by atoms with E-state index in [9.17, 15) is 10.2 Å². The lowest BCUT2D eigenvalue weighted by molar-refractivity contribution is 0.132. The Labute approximate surface area is 192 Å². The first-order valence-electron chi connectivity index (χ1n) is 11.0. The van der Waals surface area contributed by atoms with Crippen LogP contribution in [0.2, 0.25) is 0 Å². The smallest absolute Gasteiger partial charge is 0.229 e. The number of benzene rings is 1. The number of fused-ring (bicyclic) bond motifs is 1. The Bertz CT molecular complexity index is 1190. The number of hydrogen-bond acceptors (Lipinski definition) is 8. The minimum Gasteiger partial charge on any atom is -0.394 e. The molecule has 2 atom stereocenters. The maximum atomic E-state index is 9.90. The molecule has 33 heavy (non-hydrogen) atoms. The van der Waals surface area contributed by atoms with Crippen molar-refractivity contribution in [3.8, 4) is 11.3 Å². The third-order valence-electron chi connectivity index (χ3n) is 5.46. The molecule has 9 nitrogen and oxygen atoms in total. The summed E-state index contributed by atoms with van der Waals surface area (Å²) < 4.78 is 1.67. The number of aromatic nitrogens is 5. The van der Waals surface area contributed by atoms with Gasteiger partial charge in [-0.3, -0.25) is 4.98 Å². The second-order valence-corrected chi connectivity index (χ2v) is 8.31. The first-order valence-corrected chi connectivity index (χ1v) is 11.0. The van der Waals surface area contributed by atoms with Crippen LogP contribution in [0.25, 0.3) is 16.9 Å². The van der Waals surface area contributed by atoms with Gasteiger partial charge in [0.15, 0.2) is 5.65 Å². The monoisotopic (exact) mass is 447 g/mol. The predicted octanol–water partition coefficient (Wildman–Crippen LogP) is 3.08. The molecule has 4 N–H and O–H groups in total. The van der Waals surface area contributed by atoms with Crippen LogP contribution in [-0.2, 0) is 6.54 Å². The van der Waals surface area contributed by atoms with E-state index in [0.717, 1.165) is 22.4 Å². The number of nitrogens with one attached hydrogen (secondary N) is 2. The highest BCUT2D eigenvalue weighted by Gasteiger charge is 2.19. The largest absolute Gasteiger partial charge is 0.394 e. The van der Waals surface area contributed by atoms with Crippen LogP contribution in [0.5, 0.6) is 0 Å². The molecule has 4 aromatic rings. The molecule has 0 saturated heterocycles. The van der Waals surface area contributed by atoms with E-state index in [4.69, 9.17) is 0 Å². The van der Waals surface area contributed by atoms with Gasteiger partial charge in [-0.25, -0.2) is 0 Å². The summed E-state index contributed by atoms with van der Waals surface area (Å²) in [6, 6.07) is 13.5. The summed E-state index contributed by atoms with van der Waals surface area (Å²) >= 11 is 0. The molecule has 0 spiro atoms. The number of aliphatic hydroxyl groups excluding tert-OH is 2. The Morgan fingerprint density at radius 1 is 1.00 bits per heavy atom. The van der Waals surface area contributed by atoms with Crippen molar-refractivity contribution in [3.05, 3.63) is 66.0 Å². The Morgan fingerprint density at radius 2 is 1.79 bits per heavy atom. The van der Waals surface area contributed by atoms with Crippen LogP contribution in [0, 0.1) is 0 Å². The van der Waals surface area contributed by atoms with E-state index in [1.54, 1.807) is 17.6 Å². The minimum absolute atomic E-state index is 0.221. The molecule has 0 unspecified atom stereocenters. The van der Waals surface area contributed by atoms with E-state index in [2.05, 4.69) is 44.5 Å². The van der Waals surface area contributed by atoms with Crippen molar-refractivity contribution < 1.29 is 10.2 Å². The number of aliphatic hydroxyl groups is 2. The second kappa shape index (κ2) is 9.93. The zero-order chi connectivity index (χ0) is 23.4. The summed E-state index contributed by atoms with van der Waals surface area (Å²) in [5, 5.41) is 30.3. The summed E-state index contributed by atoms with van der Waals surface area (Å²) in [6.07, 6.45) is 2.86. The van der Waals surface area contributed by atoms with Gasteiger partial charge in [0.1, 0.15) is 0 Å². The van der Waals surface area contributed by atoms with Crippen LogP contribution in [0.3, 0.4) is 0 Å². The predicted molar refractivity (Wildman–Crippen MR) is 128 cm³/mol. The Morgan fingerprint density at radius 3 is 2.42 bits per heavy atom. The van der Waals surface area contributed by atoms with Gasteiger partial charge in [0.2, 0.25) is 11.9 Å². The van der Waals surface area contributed by atoms with Crippen molar-refractivity contribution in [2.24, 2.45) is 0 Å². The molecule has 3 heterocycles. The van der Waals surface area contributed by atoms with E-state index >= 15 is 0 Å². The van der Waals surface area contributed by atoms with Crippen LogP contribution in [0.4, 0.5) is 11.9 Å². The quantitative estimate of drug-likeness (QED) is 0.309. The molecule has 3 aromatic heterocycles. The molecular weight excluding hydrogens is 418 g/mol. The Kier molecular flexibility index (Phi) is 6.81. The average Bonchev–Trinajstić information content (AvgIpc) is 3.26. The molecule has 0 aliphatic heterocycles. The van der Waals surface area contributed by atoms with Crippen molar-refractivity contribution in [1.82, 2.24) is 24.6 Å². The summed E-state index contributed by atoms with van der Waals surface area (Å²) in [6.45, 7) is 6.00. The van der Waals surface area contributed by atoms with E-state index in [1.807, 2.05) is 48.7 Å². The van der Waals surface area contributed by atoms with Crippen molar-refractivity contribution in [2.75, 3.05) is 17.2 Å². The molecule has 0 aliphatic rings. The lowest BCUT2D eigenvalue weighted by Crippen LogP contribution is -2.35. The van der Waals surface area contributed by atoms with Crippen molar-refractivity contribution >= 4 is 17.5 Å². The zero-order valence-corrected chi connectivity index (χ0v) is 19.0. The van der Waals surface area contributed by atoms with Gasteiger partial charge in [-0.2, -0.15) is 19.6 Å². The summed E-state index contributed by atoms with van der Waals surface area (Å²) in [4.78, 5) is 13.7. The van der Waals surface area contributed by atoms with Gasteiger partial charge in [-0.1, -0.05) is 50.2 Å². The summed E-state index contributed by atoms with van der Waals surface area (Å²) in [5.41, 5.74) is 4.63. The highest BCUT2D eigenvalue weighted by atomic mass is 16.3. The SMILES string of the molecule is CC(C)c1cnn2c(NCc3ccc(-c4ccccc4)nc3)nc(N[C@@H](CO)[C@H](C)O)nc12. The van der Waals surface area contributed by atoms with Crippen LogP contribution in [0.15, 0.2) is 54.9 Å². The lowest BCUT2D eigenvalue weighted by Gasteiger charge is -2.19. The molecule has 9 heteroatoms. The molecule has 0 bridgehead atoms. The van der Waals surface area contributed by atoms with Crippen molar-refractivity contribution in [3.63, 3.8) is 0 Å². The van der Waals surface area contributed by atoms with Crippen molar-refractivity contribution in [1.29, 1.82) is 0 Å². The van der Waals surface area contributed by atoms with Gasteiger partial charge in [0.25, 0.3) is 0 Å². The molecule has 0 saturated carbocycles. The molecule has 4 rings (SSSR count). The molecule has 172 valence electrons. The third kappa shape index (κ3) is 5.10. The number of rotatable bonds is 9. The number of anilines is 2. The Hall–Kier alpha value is -3.56. The van der Waals surface area contributed by atoms with Crippen molar-refractivity contribution in [2.45, 2.75) is 45.4 Å². The summed E-state index contributed by atoms with van der Waals surface area (Å²) in [7, 11) is 0. The van der Waals surface area contributed by atoms with Crippen LogP contribution in [0.1, 0.15) is 37.8 Å². The molecule has 0 amide bonds.